The van der Waals surface area contributed by atoms with Gasteiger partial charge in [0.1, 0.15) is 10.6 Å². The van der Waals surface area contributed by atoms with Gasteiger partial charge in [-0.3, -0.25) is 4.79 Å². The van der Waals surface area contributed by atoms with Crippen molar-refractivity contribution in [2.24, 2.45) is 10.6 Å². The monoisotopic (exact) mass is 313 g/mol. The molecule has 21 heavy (non-hydrogen) atoms. The number of piperidine rings is 1. The fraction of sp³-hybridized carbons (Fsp3) is 0.643. The molecule has 7 heteroatoms. The summed E-state index contributed by atoms with van der Waals surface area (Å²) in [6.07, 6.45) is 3.33. The largest absolute Gasteiger partial charge is 0.342 e. The minimum Gasteiger partial charge on any atom is -0.342 e. The normalized spacial score (nSPS) is 18.8. The van der Waals surface area contributed by atoms with Crippen molar-refractivity contribution in [1.82, 2.24) is 9.47 Å². The van der Waals surface area contributed by atoms with E-state index in [-0.39, 0.29) is 16.2 Å². The van der Waals surface area contributed by atoms with E-state index in [1.165, 1.54) is 12.3 Å². The molecule has 6 nitrogen and oxygen atoms in total. The summed E-state index contributed by atoms with van der Waals surface area (Å²) in [5, 5.41) is 5.14. The van der Waals surface area contributed by atoms with Gasteiger partial charge in [0.25, 0.3) is 5.91 Å². The number of aromatic nitrogens is 1. The molecule has 0 unspecified atom stereocenters. The molecule has 1 aromatic rings. The molecule has 118 valence electrons. The number of hydrogen-bond acceptors (Lipinski definition) is 3. The number of rotatable bonds is 3. The summed E-state index contributed by atoms with van der Waals surface area (Å²) in [4.78, 5) is 14.4. The summed E-state index contributed by atoms with van der Waals surface area (Å²) in [6.45, 7) is 8.18. The van der Waals surface area contributed by atoms with Gasteiger partial charge in [-0.05, 0) is 31.2 Å². The Morgan fingerprint density at radius 1 is 1.33 bits per heavy atom. The van der Waals surface area contributed by atoms with Crippen molar-refractivity contribution >= 4 is 15.9 Å². The maximum atomic E-state index is 12.6. The molecule has 0 aromatic carbocycles. The first-order valence-corrected chi connectivity index (χ1v) is 8.71. The van der Waals surface area contributed by atoms with Crippen molar-refractivity contribution in [2.45, 2.75) is 45.1 Å². The Bertz CT molecular complexity index is 636. The third-order valence-electron chi connectivity index (χ3n) is 4.16. The number of carbonyl (C=O) groups is 1. The molecule has 1 fully saturated rings. The van der Waals surface area contributed by atoms with Crippen LogP contribution >= 0.6 is 0 Å². The van der Waals surface area contributed by atoms with Crippen LogP contribution in [0.5, 0.6) is 0 Å². The van der Waals surface area contributed by atoms with Crippen LogP contribution in [0.4, 0.5) is 0 Å². The number of hydrogen-bond donors (Lipinski definition) is 1. The van der Waals surface area contributed by atoms with Crippen molar-refractivity contribution < 1.29 is 13.2 Å². The maximum Gasteiger partial charge on any atom is 0.270 e. The molecular formula is C14H23N3O3S. The molecule has 1 aliphatic rings. The lowest BCUT2D eigenvalue weighted by molar-refractivity contribution is 0.0619. The van der Waals surface area contributed by atoms with E-state index in [9.17, 15) is 13.2 Å². The topological polar surface area (TPSA) is 85.4 Å². The SMILES string of the molecule is CCn1cc(S(N)(=O)=O)cc1C(=O)N1CCC(C)(C)CC1. The number of nitrogens with zero attached hydrogens (tertiary/aromatic N) is 2. The number of sulfonamides is 1. The Morgan fingerprint density at radius 2 is 1.90 bits per heavy atom. The molecule has 2 heterocycles. The summed E-state index contributed by atoms with van der Waals surface area (Å²) in [7, 11) is -3.79. The van der Waals surface area contributed by atoms with Crippen molar-refractivity contribution in [3.63, 3.8) is 0 Å². The van der Waals surface area contributed by atoms with E-state index in [2.05, 4.69) is 13.8 Å². The second kappa shape index (κ2) is 5.46. The third kappa shape index (κ3) is 3.47. The maximum absolute atomic E-state index is 12.6. The average Bonchev–Trinajstić information content (AvgIpc) is 2.81. The number of primary sulfonamides is 1. The van der Waals surface area contributed by atoms with Gasteiger partial charge < -0.3 is 9.47 Å². The summed E-state index contributed by atoms with van der Waals surface area (Å²) in [5.41, 5.74) is 0.649. The molecule has 0 atom stereocenters. The van der Waals surface area contributed by atoms with Crippen LogP contribution in [-0.2, 0) is 16.6 Å². The number of amides is 1. The van der Waals surface area contributed by atoms with Crippen molar-refractivity contribution in [1.29, 1.82) is 0 Å². The summed E-state index contributed by atoms with van der Waals surface area (Å²) in [6, 6.07) is 1.38. The molecule has 0 bridgehead atoms. The molecule has 1 amide bonds. The van der Waals surface area contributed by atoms with Gasteiger partial charge in [0.15, 0.2) is 0 Å². The lowest BCUT2D eigenvalue weighted by Crippen LogP contribution is -2.41. The van der Waals surface area contributed by atoms with E-state index in [1.807, 2.05) is 6.92 Å². The first-order chi connectivity index (χ1) is 9.64. The average molecular weight is 313 g/mol. The summed E-state index contributed by atoms with van der Waals surface area (Å²) < 4.78 is 24.5. The molecule has 1 aromatic heterocycles. The van der Waals surface area contributed by atoms with E-state index in [0.29, 0.717) is 25.3 Å². The highest BCUT2D eigenvalue weighted by Gasteiger charge is 2.30. The van der Waals surface area contributed by atoms with Crippen LogP contribution in [0.25, 0.3) is 0 Å². The number of carbonyl (C=O) groups excluding carboxylic acids is 1. The first kappa shape index (κ1) is 16.0. The quantitative estimate of drug-likeness (QED) is 0.915. The zero-order valence-electron chi connectivity index (χ0n) is 12.8. The van der Waals surface area contributed by atoms with Gasteiger partial charge in [0, 0.05) is 25.8 Å². The minimum absolute atomic E-state index is 0.00922. The molecule has 0 spiro atoms. The highest BCUT2D eigenvalue weighted by atomic mass is 32.2. The Morgan fingerprint density at radius 3 is 2.38 bits per heavy atom. The summed E-state index contributed by atoms with van der Waals surface area (Å²) in [5.74, 6) is -0.123. The third-order valence-corrected chi connectivity index (χ3v) is 5.04. The van der Waals surface area contributed by atoms with E-state index in [1.54, 1.807) is 9.47 Å². The van der Waals surface area contributed by atoms with Gasteiger partial charge in [-0.2, -0.15) is 0 Å². The van der Waals surface area contributed by atoms with E-state index < -0.39 is 10.0 Å². The lowest BCUT2D eigenvalue weighted by atomic mass is 9.82. The molecule has 0 radical (unpaired) electrons. The lowest BCUT2D eigenvalue weighted by Gasteiger charge is -2.37. The Balaban J connectivity index is 2.25. The second-order valence-electron chi connectivity index (χ2n) is 6.35. The van der Waals surface area contributed by atoms with Crippen LogP contribution in [0, 0.1) is 5.41 Å². The van der Waals surface area contributed by atoms with Crippen LogP contribution in [0.3, 0.4) is 0 Å². The Labute approximate surface area is 126 Å². The zero-order chi connectivity index (χ0) is 15.8. The van der Waals surface area contributed by atoms with Crippen LogP contribution < -0.4 is 5.14 Å². The molecule has 1 aliphatic heterocycles. The predicted molar refractivity (Wildman–Crippen MR) is 80.4 cm³/mol. The van der Waals surface area contributed by atoms with E-state index >= 15 is 0 Å². The fourth-order valence-electron chi connectivity index (χ4n) is 2.56. The van der Waals surface area contributed by atoms with Gasteiger partial charge in [0.05, 0.1) is 0 Å². The highest BCUT2D eigenvalue weighted by Crippen LogP contribution is 2.30. The molecule has 0 aliphatic carbocycles. The van der Waals surface area contributed by atoms with Crippen LogP contribution in [-0.4, -0.2) is 36.9 Å². The van der Waals surface area contributed by atoms with Gasteiger partial charge >= 0.3 is 0 Å². The van der Waals surface area contributed by atoms with Crippen molar-refractivity contribution in [2.75, 3.05) is 13.1 Å². The van der Waals surface area contributed by atoms with Crippen LogP contribution in [0.15, 0.2) is 17.2 Å². The van der Waals surface area contributed by atoms with E-state index in [4.69, 9.17) is 5.14 Å². The predicted octanol–water partition coefficient (Wildman–Crippen LogP) is 1.42. The fourth-order valence-corrected chi connectivity index (χ4v) is 3.11. The molecule has 0 saturated carbocycles. The molecule has 2 rings (SSSR count). The smallest absolute Gasteiger partial charge is 0.270 e. The highest BCUT2D eigenvalue weighted by molar-refractivity contribution is 7.89. The van der Waals surface area contributed by atoms with Gasteiger partial charge in [-0.15, -0.1) is 0 Å². The van der Waals surface area contributed by atoms with Crippen molar-refractivity contribution in [3.8, 4) is 0 Å². The van der Waals surface area contributed by atoms with Gasteiger partial charge in [-0.25, -0.2) is 13.6 Å². The van der Waals surface area contributed by atoms with Gasteiger partial charge in [-0.1, -0.05) is 13.8 Å². The molecule has 1 saturated heterocycles. The second-order valence-corrected chi connectivity index (χ2v) is 7.91. The Hall–Kier alpha value is -1.34. The number of aryl methyl sites for hydroxylation is 1. The summed E-state index contributed by atoms with van der Waals surface area (Å²) >= 11 is 0. The molecular weight excluding hydrogens is 290 g/mol. The van der Waals surface area contributed by atoms with Gasteiger partial charge in [0.2, 0.25) is 10.0 Å². The molecule has 2 N–H and O–H groups in total. The Kier molecular flexibility index (Phi) is 4.17. The minimum atomic E-state index is -3.79. The van der Waals surface area contributed by atoms with Crippen LogP contribution in [0.1, 0.15) is 44.1 Å². The van der Waals surface area contributed by atoms with Crippen LogP contribution in [0.2, 0.25) is 0 Å². The van der Waals surface area contributed by atoms with E-state index in [0.717, 1.165) is 12.8 Å². The first-order valence-electron chi connectivity index (χ1n) is 7.16. The van der Waals surface area contributed by atoms with Crippen molar-refractivity contribution in [3.05, 3.63) is 18.0 Å². The number of nitrogens with two attached hydrogens (primary N) is 1. The number of likely N-dealkylation sites (tertiary alicyclic amines) is 1. The standard InChI is InChI=1S/C14H23N3O3S/c1-4-16-10-11(21(15,19)20)9-12(16)13(18)17-7-5-14(2,3)6-8-17/h9-10H,4-8H2,1-3H3,(H2,15,19,20). The zero-order valence-corrected chi connectivity index (χ0v) is 13.6.